The Morgan fingerprint density at radius 2 is 2.10 bits per heavy atom. The van der Waals surface area contributed by atoms with Gasteiger partial charge < -0.3 is 20.3 Å². The fourth-order valence-corrected chi connectivity index (χ4v) is 5.62. The van der Waals surface area contributed by atoms with Crippen molar-refractivity contribution in [2.75, 3.05) is 18.9 Å². The molecule has 0 aromatic heterocycles. The molecule has 7 nitrogen and oxygen atoms in total. The molecule has 0 radical (unpaired) electrons. The molecule has 8 heteroatoms. The van der Waals surface area contributed by atoms with Crippen LogP contribution < -0.4 is 10.6 Å². The number of fused-ring (bicyclic) bond motifs is 3. The molecule has 1 aromatic rings. The van der Waals surface area contributed by atoms with Crippen LogP contribution in [-0.4, -0.2) is 59.7 Å². The molecule has 0 spiro atoms. The van der Waals surface area contributed by atoms with Gasteiger partial charge in [-0.05, 0) is 30.4 Å². The molecular weight excluding hydrogens is 390 g/mol. The van der Waals surface area contributed by atoms with Crippen molar-refractivity contribution in [3.8, 4) is 0 Å². The van der Waals surface area contributed by atoms with Crippen LogP contribution in [0.1, 0.15) is 48.0 Å². The zero-order valence-corrected chi connectivity index (χ0v) is 17.5. The first-order chi connectivity index (χ1) is 14.0. The van der Waals surface area contributed by atoms with Crippen molar-refractivity contribution in [2.45, 2.75) is 50.3 Å². The molecule has 0 bridgehead atoms. The summed E-state index contributed by atoms with van der Waals surface area (Å²) in [6, 6.07) is 6.29. The first-order valence-corrected chi connectivity index (χ1v) is 11.2. The van der Waals surface area contributed by atoms with Gasteiger partial charge in [-0.3, -0.25) is 14.4 Å². The van der Waals surface area contributed by atoms with Gasteiger partial charge in [0.2, 0.25) is 11.8 Å². The van der Waals surface area contributed by atoms with Crippen molar-refractivity contribution in [3.05, 3.63) is 35.4 Å². The van der Waals surface area contributed by atoms with Gasteiger partial charge in [0.1, 0.15) is 17.5 Å². The third-order valence-electron chi connectivity index (χ3n) is 5.77. The maximum Gasteiger partial charge on any atom is 0.256 e. The van der Waals surface area contributed by atoms with Gasteiger partial charge in [0.25, 0.3) is 5.91 Å². The number of benzene rings is 1. The van der Waals surface area contributed by atoms with E-state index in [2.05, 4.69) is 10.6 Å². The number of nitrogens with one attached hydrogen (secondary N) is 2. The standard InChI is InChI=1S/C21H27N3O4S/c1-12(2)17(19(26)22-10-13-6-5-9-28-13)23-18(25)16-11-29-21-15-8-4-3-7-14(15)20(27)24(16)21/h3-4,7-8,12-13,16-17,21H,5-6,9-11H2,1-2H3,(H,22,26)(H,23,25)/t13-,16+,17+,21-/m1/s1. The fraction of sp³-hybridized carbons (Fsp3) is 0.571. The Morgan fingerprint density at radius 1 is 1.31 bits per heavy atom. The molecule has 2 N–H and O–H groups in total. The second-order valence-corrected chi connectivity index (χ2v) is 9.22. The van der Waals surface area contributed by atoms with Gasteiger partial charge in [0.15, 0.2) is 0 Å². The highest BCUT2D eigenvalue weighted by atomic mass is 32.2. The normalized spacial score (nSPS) is 26.4. The SMILES string of the molecule is CC(C)[C@H](NC(=O)[C@@H]1CS[C@@H]2c3ccccc3C(=O)N21)C(=O)NC[C@H]1CCCO1. The average molecular weight is 418 g/mol. The molecule has 156 valence electrons. The van der Waals surface area contributed by atoms with Crippen molar-refractivity contribution in [2.24, 2.45) is 5.92 Å². The third-order valence-corrected chi connectivity index (χ3v) is 7.07. The highest BCUT2D eigenvalue weighted by Crippen LogP contribution is 2.48. The molecule has 3 aliphatic rings. The second kappa shape index (κ2) is 8.36. The first kappa shape index (κ1) is 20.2. The molecule has 2 saturated heterocycles. The monoisotopic (exact) mass is 417 g/mol. The van der Waals surface area contributed by atoms with Gasteiger partial charge in [-0.25, -0.2) is 0 Å². The molecule has 2 fully saturated rings. The summed E-state index contributed by atoms with van der Waals surface area (Å²) in [6.07, 6.45) is 2.00. The van der Waals surface area contributed by atoms with Crippen LogP contribution in [0.25, 0.3) is 0 Å². The first-order valence-electron chi connectivity index (χ1n) is 10.2. The van der Waals surface area contributed by atoms with E-state index >= 15 is 0 Å². The number of rotatable bonds is 6. The van der Waals surface area contributed by atoms with Crippen molar-refractivity contribution in [1.29, 1.82) is 0 Å². The van der Waals surface area contributed by atoms with Crippen LogP contribution in [0.2, 0.25) is 0 Å². The van der Waals surface area contributed by atoms with E-state index in [1.165, 1.54) is 0 Å². The van der Waals surface area contributed by atoms with Crippen LogP contribution in [-0.2, 0) is 14.3 Å². The summed E-state index contributed by atoms with van der Waals surface area (Å²) in [4.78, 5) is 40.2. The van der Waals surface area contributed by atoms with E-state index in [4.69, 9.17) is 4.74 Å². The van der Waals surface area contributed by atoms with E-state index in [-0.39, 0.29) is 35.1 Å². The summed E-state index contributed by atoms with van der Waals surface area (Å²) in [5, 5.41) is 5.68. The number of hydrogen-bond donors (Lipinski definition) is 2. The zero-order valence-electron chi connectivity index (χ0n) is 16.7. The molecule has 3 heterocycles. The maximum atomic E-state index is 13.0. The molecule has 0 unspecified atom stereocenters. The van der Waals surface area contributed by atoms with E-state index in [1.807, 2.05) is 32.0 Å². The largest absolute Gasteiger partial charge is 0.376 e. The summed E-state index contributed by atoms with van der Waals surface area (Å²) in [6.45, 7) is 5.00. The molecule has 0 aliphatic carbocycles. The van der Waals surface area contributed by atoms with Crippen LogP contribution >= 0.6 is 11.8 Å². The topological polar surface area (TPSA) is 87.7 Å². The van der Waals surface area contributed by atoms with E-state index in [9.17, 15) is 14.4 Å². The van der Waals surface area contributed by atoms with Crippen molar-refractivity contribution in [3.63, 3.8) is 0 Å². The van der Waals surface area contributed by atoms with E-state index < -0.39 is 12.1 Å². The van der Waals surface area contributed by atoms with E-state index in [0.29, 0.717) is 17.9 Å². The smallest absolute Gasteiger partial charge is 0.256 e. The summed E-state index contributed by atoms with van der Waals surface area (Å²) in [5.74, 6) is -0.132. The van der Waals surface area contributed by atoms with Crippen molar-refractivity contribution in [1.82, 2.24) is 15.5 Å². The number of hydrogen-bond acceptors (Lipinski definition) is 5. The van der Waals surface area contributed by atoms with Gasteiger partial charge >= 0.3 is 0 Å². The van der Waals surface area contributed by atoms with Gasteiger partial charge in [-0.1, -0.05) is 32.0 Å². The summed E-state index contributed by atoms with van der Waals surface area (Å²) in [5.41, 5.74) is 1.63. The zero-order chi connectivity index (χ0) is 20.5. The molecule has 3 aliphatic heterocycles. The second-order valence-electron chi connectivity index (χ2n) is 8.11. The Morgan fingerprint density at radius 3 is 2.83 bits per heavy atom. The lowest BCUT2D eigenvalue weighted by Gasteiger charge is -2.27. The summed E-state index contributed by atoms with van der Waals surface area (Å²) >= 11 is 1.59. The van der Waals surface area contributed by atoms with Crippen LogP contribution in [0.5, 0.6) is 0 Å². The Bertz CT molecular complexity index is 809. The highest BCUT2D eigenvalue weighted by Gasteiger charge is 2.48. The number of carbonyl (C=O) groups excluding carboxylic acids is 3. The van der Waals surface area contributed by atoms with E-state index in [0.717, 1.165) is 25.0 Å². The third kappa shape index (κ3) is 3.88. The lowest BCUT2D eigenvalue weighted by molar-refractivity contribution is -0.132. The lowest BCUT2D eigenvalue weighted by Crippen LogP contribution is -2.55. The Kier molecular flexibility index (Phi) is 5.83. The van der Waals surface area contributed by atoms with Crippen LogP contribution in [0, 0.1) is 5.92 Å². The molecule has 4 atom stereocenters. The Hall–Kier alpha value is -2.06. The number of carbonyl (C=O) groups is 3. The van der Waals surface area contributed by atoms with Gasteiger partial charge in [-0.2, -0.15) is 0 Å². The summed E-state index contributed by atoms with van der Waals surface area (Å²) < 4.78 is 5.55. The fourth-order valence-electron chi connectivity index (χ4n) is 4.16. The van der Waals surface area contributed by atoms with Crippen LogP contribution in [0.4, 0.5) is 0 Å². The van der Waals surface area contributed by atoms with Gasteiger partial charge in [0, 0.05) is 24.5 Å². The van der Waals surface area contributed by atoms with E-state index in [1.54, 1.807) is 22.7 Å². The number of nitrogens with zero attached hydrogens (tertiary/aromatic N) is 1. The van der Waals surface area contributed by atoms with Crippen molar-refractivity contribution >= 4 is 29.5 Å². The van der Waals surface area contributed by atoms with Crippen LogP contribution in [0.15, 0.2) is 24.3 Å². The minimum Gasteiger partial charge on any atom is -0.376 e. The number of ether oxygens (including phenoxy) is 1. The highest BCUT2D eigenvalue weighted by molar-refractivity contribution is 7.99. The molecular formula is C21H27N3O4S. The van der Waals surface area contributed by atoms with Crippen molar-refractivity contribution < 1.29 is 19.1 Å². The van der Waals surface area contributed by atoms with Crippen LogP contribution in [0.3, 0.4) is 0 Å². The molecule has 1 aromatic carbocycles. The predicted molar refractivity (Wildman–Crippen MR) is 110 cm³/mol. The van der Waals surface area contributed by atoms with Gasteiger partial charge in [0.05, 0.1) is 6.10 Å². The maximum absolute atomic E-state index is 13.0. The number of amides is 3. The minimum absolute atomic E-state index is 0.0511. The minimum atomic E-state index is -0.645. The lowest BCUT2D eigenvalue weighted by atomic mass is 10.0. The van der Waals surface area contributed by atoms with Gasteiger partial charge in [-0.15, -0.1) is 11.8 Å². The molecule has 29 heavy (non-hydrogen) atoms. The predicted octanol–water partition coefficient (Wildman–Crippen LogP) is 1.69. The summed E-state index contributed by atoms with van der Waals surface area (Å²) in [7, 11) is 0. The molecule has 0 saturated carbocycles. The number of thioether (sulfide) groups is 1. The average Bonchev–Trinajstić information content (AvgIpc) is 3.43. The Balaban J connectivity index is 1.41. The molecule has 3 amide bonds. The molecule has 4 rings (SSSR count). The Labute approximate surface area is 174 Å². The quantitative estimate of drug-likeness (QED) is 0.736.